The molecular weight excluding hydrogens is 314 g/mol. The lowest BCUT2D eigenvalue weighted by Gasteiger charge is -2.59. The number of hydrogen-bond acceptors (Lipinski definition) is 3. The predicted molar refractivity (Wildman–Crippen MR) is 95.6 cm³/mol. The zero-order valence-corrected chi connectivity index (χ0v) is 15.3. The summed E-state index contributed by atoms with van der Waals surface area (Å²) in [4.78, 5) is 24.4. The van der Waals surface area contributed by atoms with Crippen LogP contribution in [0.25, 0.3) is 0 Å². The van der Waals surface area contributed by atoms with Gasteiger partial charge in [0.2, 0.25) is 0 Å². The van der Waals surface area contributed by atoms with Gasteiger partial charge in [0.15, 0.2) is 6.61 Å². The molecule has 4 fully saturated rings. The first-order valence-corrected chi connectivity index (χ1v) is 10.1. The lowest BCUT2D eigenvalue weighted by Crippen LogP contribution is -2.56. The van der Waals surface area contributed by atoms with Crippen molar-refractivity contribution in [1.82, 2.24) is 5.32 Å². The van der Waals surface area contributed by atoms with Gasteiger partial charge in [-0.15, -0.1) is 0 Å². The highest BCUT2D eigenvalue weighted by molar-refractivity contribution is 5.81. The number of rotatable bonds is 5. The molecule has 0 saturated heterocycles. The first kappa shape index (κ1) is 17.1. The number of hydrogen-bond donors (Lipinski definition) is 1. The van der Waals surface area contributed by atoms with Crippen LogP contribution in [0.3, 0.4) is 0 Å². The van der Waals surface area contributed by atoms with Crippen LogP contribution in [0, 0.1) is 29.1 Å². The molecule has 138 valence electrons. The van der Waals surface area contributed by atoms with Gasteiger partial charge in [0, 0.05) is 6.04 Å². The van der Waals surface area contributed by atoms with Crippen molar-refractivity contribution in [3.05, 3.63) is 12.2 Å². The Morgan fingerprint density at radius 2 is 1.76 bits per heavy atom. The van der Waals surface area contributed by atoms with Gasteiger partial charge in [0.05, 0.1) is 5.92 Å². The highest BCUT2D eigenvalue weighted by atomic mass is 16.5. The van der Waals surface area contributed by atoms with E-state index in [1.165, 1.54) is 38.5 Å². The average molecular weight is 345 g/mol. The number of amides is 1. The fourth-order valence-corrected chi connectivity index (χ4v) is 6.41. The topological polar surface area (TPSA) is 55.4 Å². The minimum Gasteiger partial charge on any atom is -0.455 e. The van der Waals surface area contributed by atoms with Gasteiger partial charge in [-0.3, -0.25) is 9.59 Å². The first-order valence-electron chi connectivity index (χ1n) is 10.1. The summed E-state index contributed by atoms with van der Waals surface area (Å²) in [6.07, 6.45) is 14.7. The van der Waals surface area contributed by atoms with Gasteiger partial charge in [0.1, 0.15) is 0 Å². The third kappa shape index (κ3) is 3.50. The van der Waals surface area contributed by atoms with Crippen LogP contribution in [0.4, 0.5) is 0 Å². The second kappa shape index (κ2) is 6.77. The largest absolute Gasteiger partial charge is 0.455 e. The van der Waals surface area contributed by atoms with Crippen molar-refractivity contribution in [3.63, 3.8) is 0 Å². The van der Waals surface area contributed by atoms with E-state index in [-0.39, 0.29) is 30.4 Å². The number of esters is 1. The van der Waals surface area contributed by atoms with Crippen LogP contribution in [-0.2, 0) is 14.3 Å². The van der Waals surface area contributed by atoms with Crippen molar-refractivity contribution in [2.45, 2.75) is 70.8 Å². The summed E-state index contributed by atoms with van der Waals surface area (Å²) < 4.78 is 5.28. The number of carbonyl (C=O) groups excluding carboxylic acids is 2. The van der Waals surface area contributed by atoms with Crippen LogP contribution in [0.1, 0.15) is 64.7 Å². The smallest absolute Gasteiger partial charge is 0.309 e. The predicted octanol–water partition coefficient (Wildman–Crippen LogP) is 3.61. The number of carbonyl (C=O) groups is 2. The van der Waals surface area contributed by atoms with E-state index < -0.39 is 0 Å². The second-order valence-electron chi connectivity index (χ2n) is 9.16. The van der Waals surface area contributed by atoms with E-state index in [0.29, 0.717) is 5.41 Å². The van der Waals surface area contributed by atoms with Crippen LogP contribution >= 0.6 is 0 Å². The molecule has 0 unspecified atom stereocenters. The molecule has 0 radical (unpaired) electrons. The molecule has 5 aliphatic rings. The molecule has 2 atom stereocenters. The number of nitrogens with one attached hydrogen (secondary N) is 1. The zero-order chi connectivity index (χ0) is 17.4. The van der Waals surface area contributed by atoms with Gasteiger partial charge in [-0.05, 0) is 87.9 Å². The molecule has 4 bridgehead atoms. The first-order chi connectivity index (χ1) is 12.0. The van der Waals surface area contributed by atoms with Gasteiger partial charge >= 0.3 is 5.97 Å². The van der Waals surface area contributed by atoms with Crippen LogP contribution < -0.4 is 5.32 Å². The minimum absolute atomic E-state index is 0.0709. The molecular formula is C21H31NO3. The van der Waals surface area contributed by atoms with Crippen LogP contribution in [0.2, 0.25) is 0 Å². The van der Waals surface area contributed by atoms with Gasteiger partial charge in [0.25, 0.3) is 5.91 Å². The lowest BCUT2D eigenvalue weighted by atomic mass is 9.48. The van der Waals surface area contributed by atoms with Gasteiger partial charge in [-0.25, -0.2) is 0 Å². The summed E-state index contributed by atoms with van der Waals surface area (Å²) in [6.45, 7) is 2.04. The molecule has 5 aliphatic carbocycles. The summed E-state index contributed by atoms with van der Waals surface area (Å²) in [7, 11) is 0. The Morgan fingerprint density at radius 3 is 2.32 bits per heavy atom. The quantitative estimate of drug-likeness (QED) is 0.612. The summed E-state index contributed by atoms with van der Waals surface area (Å²) in [5.74, 6) is 2.21. The van der Waals surface area contributed by atoms with Crippen molar-refractivity contribution in [3.8, 4) is 0 Å². The van der Waals surface area contributed by atoms with Crippen molar-refractivity contribution in [2.75, 3.05) is 6.61 Å². The third-order valence-corrected chi connectivity index (χ3v) is 7.33. The molecule has 4 nitrogen and oxygen atoms in total. The van der Waals surface area contributed by atoms with Crippen molar-refractivity contribution in [1.29, 1.82) is 0 Å². The molecule has 0 aromatic heterocycles. The maximum atomic E-state index is 12.3. The van der Waals surface area contributed by atoms with Crippen LogP contribution in [0.5, 0.6) is 0 Å². The van der Waals surface area contributed by atoms with Crippen molar-refractivity contribution >= 4 is 11.9 Å². The molecule has 1 amide bonds. The Morgan fingerprint density at radius 1 is 1.12 bits per heavy atom. The fraction of sp³-hybridized carbons (Fsp3) is 0.810. The lowest BCUT2D eigenvalue weighted by molar-refractivity contribution is -0.153. The maximum Gasteiger partial charge on any atom is 0.309 e. The Balaban J connectivity index is 1.27. The van der Waals surface area contributed by atoms with Crippen molar-refractivity contribution in [2.24, 2.45) is 29.1 Å². The molecule has 0 heterocycles. The van der Waals surface area contributed by atoms with E-state index in [4.69, 9.17) is 4.74 Å². The van der Waals surface area contributed by atoms with E-state index in [9.17, 15) is 9.59 Å². The maximum absolute atomic E-state index is 12.3. The van der Waals surface area contributed by atoms with Crippen molar-refractivity contribution < 1.29 is 14.3 Å². The molecule has 4 saturated carbocycles. The molecule has 0 aromatic rings. The van der Waals surface area contributed by atoms with E-state index in [2.05, 4.69) is 18.3 Å². The molecule has 1 N–H and O–H groups in total. The monoisotopic (exact) mass is 345 g/mol. The summed E-state index contributed by atoms with van der Waals surface area (Å²) in [5.41, 5.74) is 0.294. The summed E-state index contributed by atoms with van der Waals surface area (Å²) in [5, 5.41) is 3.17. The molecule has 0 spiro atoms. The normalized spacial score (nSPS) is 39.9. The highest BCUT2D eigenvalue weighted by Gasteiger charge is 2.53. The summed E-state index contributed by atoms with van der Waals surface area (Å²) >= 11 is 0. The van der Waals surface area contributed by atoms with Gasteiger partial charge in [-0.1, -0.05) is 12.2 Å². The average Bonchev–Trinajstić information content (AvgIpc) is 2.59. The van der Waals surface area contributed by atoms with Crippen LogP contribution in [-0.4, -0.2) is 24.5 Å². The van der Waals surface area contributed by atoms with E-state index >= 15 is 0 Å². The van der Waals surface area contributed by atoms with E-state index in [1.807, 2.05) is 6.08 Å². The molecule has 5 rings (SSSR count). The van der Waals surface area contributed by atoms with Gasteiger partial charge < -0.3 is 10.1 Å². The SMILES string of the molecule is C[C@@H](NC(=O)COC(=O)[C@H]1CC=CCC1)C12CC3CC(CC(C3)C1)C2. The number of ether oxygens (including phenoxy) is 1. The highest BCUT2D eigenvalue weighted by Crippen LogP contribution is 2.61. The van der Waals surface area contributed by atoms with Crippen LogP contribution in [0.15, 0.2) is 12.2 Å². The Labute approximate surface area is 150 Å². The third-order valence-electron chi connectivity index (χ3n) is 7.33. The molecule has 4 heteroatoms. The standard InChI is InChI=1S/C21H31NO3/c1-14(21-10-15-7-16(11-21)9-17(8-15)12-21)22-19(23)13-25-20(24)18-5-3-2-4-6-18/h2-3,14-18H,4-13H2,1H3,(H,22,23)/t14-,15?,16?,17?,18+,21?/m1/s1. The summed E-state index contributed by atoms with van der Waals surface area (Å²) in [6, 6.07) is 0.185. The number of allylic oxidation sites excluding steroid dienone is 2. The van der Waals surface area contributed by atoms with E-state index in [1.54, 1.807) is 0 Å². The molecule has 0 aromatic carbocycles. The molecule has 25 heavy (non-hydrogen) atoms. The second-order valence-corrected chi connectivity index (χ2v) is 9.16. The Bertz CT molecular complexity index is 532. The minimum atomic E-state index is -0.220. The van der Waals surface area contributed by atoms with E-state index in [0.717, 1.165) is 37.0 Å². The molecule has 0 aliphatic heterocycles. The zero-order valence-electron chi connectivity index (χ0n) is 15.3. The Kier molecular flexibility index (Phi) is 4.63. The fourth-order valence-electron chi connectivity index (χ4n) is 6.41. The van der Waals surface area contributed by atoms with Gasteiger partial charge in [-0.2, -0.15) is 0 Å². The Hall–Kier alpha value is -1.32.